The average molecular weight is 703 g/mol. The minimum absolute atomic E-state index is 0.472. The summed E-state index contributed by atoms with van der Waals surface area (Å²) in [5, 5.41) is 0. The maximum Gasteiger partial charge on any atom is -0.0111 e. The zero-order chi connectivity index (χ0) is 26.0. The summed E-state index contributed by atoms with van der Waals surface area (Å²) in [6, 6.07) is 31.9. The Hall–Kier alpha value is -3.29. The molecule has 0 saturated heterocycles. The molecule has 0 heterocycles. The topological polar surface area (TPSA) is 47.6 Å². The molecular formula is C32H24Cl2N2Pt. The molecule has 37 heavy (non-hydrogen) atoms. The van der Waals surface area contributed by atoms with Crippen LogP contribution in [0.1, 0.15) is 33.4 Å². The van der Waals surface area contributed by atoms with Gasteiger partial charge >= 0.3 is 35.3 Å². The van der Waals surface area contributed by atoms with Crippen molar-refractivity contribution in [2.75, 3.05) is 0 Å². The Labute approximate surface area is 235 Å². The van der Waals surface area contributed by atoms with Crippen molar-refractivity contribution < 1.29 is 16.5 Å². The van der Waals surface area contributed by atoms with E-state index in [0.717, 1.165) is 11.1 Å². The predicted molar refractivity (Wildman–Crippen MR) is 159 cm³/mol. The molecule has 5 heteroatoms. The number of fused-ring (bicyclic) bond motifs is 2. The Balaban J connectivity index is 0.000000157. The predicted octanol–water partition coefficient (Wildman–Crippen LogP) is 11.3. The molecule has 0 radical (unpaired) electrons. The summed E-state index contributed by atoms with van der Waals surface area (Å²) in [6.07, 6.45) is 12.9. The van der Waals surface area contributed by atoms with E-state index in [2.05, 4.69) is 85.0 Å². The summed E-state index contributed by atoms with van der Waals surface area (Å²) in [5.74, 6) is 0. The fraction of sp³-hybridized carbons (Fsp3) is 0. The monoisotopic (exact) mass is 701 g/mol. The number of nitrogens with one attached hydrogen (secondary N) is 2. The molecule has 2 nitrogen and oxygen atoms in total. The Morgan fingerprint density at radius 3 is 1.22 bits per heavy atom. The molecule has 0 bridgehead atoms. The van der Waals surface area contributed by atoms with Crippen LogP contribution in [0.3, 0.4) is 0 Å². The quantitative estimate of drug-likeness (QED) is 0.200. The van der Waals surface area contributed by atoms with E-state index in [-0.39, 0.29) is 0 Å². The SMILES string of the molecule is [Cl][Pt+2][Cl].[NH-]c1ccc(/C=C2/C=Cc3ccccc32)cc1.[NH-]c1ccc(/C=C2\C=Cc3ccccc32)cc1. The molecule has 0 atom stereocenters. The van der Waals surface area contributed by atoms with Crippen LogP contribution in [0.25, 0.3) is 46.9 Å². The molecule has 186 valence electrons. The van der Waals surface area contributed by atoms with Crippen molar-refractivity contribution in [2.45, 2.75) is 0 Å². The maximum atomic E-state index is 7.46. The molecule has 4 aromatic carbocycles. The van der Waals surface area contributed by atoms with Gasteiger partial charge in [-0.2, -0.15) is 0 Å². The second-order valence-electron chi connectivity index (χ2n) is 8.33. The zero-order valence-corrected chi connectivity index (χ0v) is 23.6. The fourth-order valence-corrected chi connectivity index (χ4v) is 4.12. The van der Waals surface area contributed by atoms with Gasteiger partial charge in [-0.3, -0.25) is 0 Å². The van der Waals surface area contributed by atoms with Gasteiger partial charge in [0.25, 0.3) is 0 Å². The third-order valence-corrected chi connectivity index (χ3v) is 5.89. The summed E-state index contributed by atoms with van der Waals surface area (Å²) < 4.78 is 0. The van der Waals surface area contributed by atoms with Crippen LogP contribution >= 0.6 is 18.8 Å². The van der Waals surface area contributed by atoms with E-state index < -0.39 is 16.5 Å². The van der Waals surface area contributed by atoms with Gasteiger partial charge in [-0.15, -0.1) is 11.4 Å². The van der Waals surface area contributed by atoms with E-state index >= 15 is 0 Å². The van der Waals surface area contributed by atoms with Crippen LogP contribution in [0.15, 0.2) is 109 Å². The van der Waals surface area contributed by atoms with Gasteiger partial charge in [-0.1, -0.05) is 121 Å². The smallest absolute Gasteiger partial charge is 0.0111 e. The molecule has 0 aliphatic heterocycles. The molecule has 4 aromatic rings. The van der Waals surface area contributed by atoms with E-state index in [1.165, 1.54) is 33.4 Å². The van der Waals surface area contributed by atoms with Crippen LogP contribution in [0.4, 0.5) is 11.4 Å². The van der Waals surface area contributed by atoms with E-state index in [9.17, 15) is 0 Å². The Morgan fingerprint density at radius 2 is 0.838 bits per heavy atom. The van der Waals surface area contributed by atoms with Crippen molar-refractivity contribution in [3.63, 3.8) is 0 Å². The van der Waals surface area contributed by atoms with Crippen molar-refractivity contribution in [1.82, 2.24) is 0 Å². The van der Waals surface area contributed by atoms with Crippen LogP contribution in [-0.2, 0) is 16.5 Å². The molecular weight excluding hydrogens is 678 g/mol. The molecule has 0 fully saturated rings. The van der Waals surface area contributed by atoms with Gasteiger partial charge in [0, 0.05) is 0 Å². The van der Waals surface area contributed by atoms with Crippen LogP contribution < -0.4 is 0 Å². The minimum Gasteiger partial charge on any atom is -0.699 e. The zero-order valence-electron chi connectivity index (χ0n) is 19.8. The van der Waals surface area contributed by atoms with Crippen molar-refractivity contribution in [3.05, 3.63) is 154 Å². The first-order chi connectivity index (χ1) is 18.1. The van der Waals surface area contributed by atoms with Gasteiger partial charge in [0.1, 0.15) is 0 Å². The average Bonchev–Trinajstić information content (AvgIpc) is 3.52. The van der Waals surface area contributed by atoms with E-state index in [4.69, 9.17) is 30.3 Å². The third-order valence-electron chi connectivity index (χ3n) is 5.89. The first-order valence-electron chi connectivity index (χ1n) is 11.5. The number of hydrogen-bond donors (Lipinski definition) is 0. The molecule has 2 aliphatic rings. The van der Waals surface area contributed by atoms with Crippen LogP contribution in [0.5, 0.6) is 0 Å². The summed E-state index contributed by atoms with van der Waals surface area (Å²) in [4.78, 5) is 0. The number of rotatable bonds is 2. The molecule has 2 aliphatic carbocycles. The van der Waals surface area contributed by atoms with E-state index in [0.29, 0.717) is 11.4 Å². The Bertz CT molecular complexity index is 1350. The van der Waals surface area contributed by atoms with Crippen molar-refractivity contribution in [3.8, 4) is 0 Å². The van der Waals surface area contributed by atoms with E-state index in [1.54, 1.807) is 0 Å². The minimum atomic E-state index is -0.472. The molecule has 0 saturated carbocycles. The van der Waals surface area contributed by atoms with Gasteiger partial charge in [0.15, 0.2) is 0 Å². The maximum absolute atomic E-state index is 7.46. The summed E-state index contributed by atoms with van der Waals surface area (Å²) >= 11 is -0.472. The standard InChI is InChI=1S/2C16H12N.2ClH.Pt/c2*17-15-9-5-12(6-10-15)11-14-8-7-13-3-1-2-4-16(13)14;;;/h2*1-11,17H;2*1H;/q2*-1;;;+4/p-2/b14-11+;14-11-;;;. The molecule has 0 unspecified atom stereocenters. The van der Waals surface area contributed by atoms with Gasteiger partial charge in [-0.05, 0) is 56.7 Å². The molecule has 0 aromatic heterocycles. The van der Waals surface area contributed by atoms with Gasteiger partial charge in [0.05, 0.1) is 0 Å². The number of hydrogen-bond acceptors (Lipinski definition) is 0. The first kappa shape index (κ1) is 26.8. The Kier molecular flexibility index (Phi) is 9.63. The van der Waals surface area contributed by atoms with Gasteiger partial charge < -0.3 is 11.5 Å². The summed E-state index contributed by atoms with van der Waals surface area (Å²) in [7, 11) is 9.75. The van der Waals surface area contributed by atoms with Gasteiger partial charge in [-0.25, -0.2) is 0 Å². The number of halogens is 2. The van der Waals surface area contributed by atoms with Crippen molar-refractivity contribution >= 4 is 65.7 Å². The molecule has 2 N–H and O–H groups in total. The third kappa shape index (κ3) is 7.37. The van der Waals surface area contributed by atoms with Crippen LogP contribution in [0.2, 0.25) is 0 Å². The summed E-state index contributed by atoms with van der Waals surface area (Å²) in [5.41, 5.74) is 25.9. The largest absolute Gasteiger partial charge is 0.699 e. The molecule has 0 amide bonds. The Morgan fingerprint density at radius 1 is 0.486 bits per heavy atom. The summed E-state index contributed by atoms with van der Waals surface area (Å²) in [6.45, 7) is 0. The van der Waals surface area contributed by atoms with Crippen molar-refractivity contribution in [2.24, 2.45) is 0 Å². The second-order valence-corrected chi connectivity index (χ2v) is 11.6. The normalized spacial score (nSPS) is 14.5. The second kappa shape index (κ2) is 13.3. The van der Waals surface area contributed by atoms with E-state index in [1.807, 2.05) is 48.5 Å². The fourth-order valence-electron chi connectivity index (χ4n) is 4.12. The van der Waals surface area contributed by atoms with Crippen LogP contribution in [-0.4, -0.2) is 0 Å². The number of benzene rings is 4. The molecule has 0 spiro atoms. The first-order valence-corrected chi connectivity index (χ1v) is 17.1. The molecule has 6 rings (SSSR count). The number of allylic oxidation sites excluding steroid dienone is 4. The van der Waals surface area contributed by atoms with Crippen LogP contribution in [0, 0.1) is 0 Å². The van der Waals surface area contributed by atoms with Crippen molar-refractivity contribution in [1.29, 1.82) is 0 Å². The van der Waals surface area contributed by atoms with Gasteiger partial charge in [0.2, 0.25) is 0 Å².